The smallest absolute Gasteiger partial charge is 0.243 e. The maximum atomic E-state index is 11.0. The van der Waals surface area contributed by atoms with Crippen LogP contribution in [0.25, 0.3) is 0 Å². The van der Waals surface area contributed by atoms with Crippen molar-refractivity contribution in [2.24, 2.45) is 0 Å². The predicted molar refractivity (Wildman–Crippen MR) is 45.2 cm³/mol. The first kappa shape index (κ1) is 9.06. The van der Waals surface area contributed by atoms with E-state index in [1.807, 2.05) is 0 Å². The van der Waals surface area contributed by atoms with Crippen molar-refractivity contribution in [3.8, 4) is 0 Å². The molecule has 1 N–H and O–H groups in total. The zero-order valence-electron chi connectivity index (χ0n) is 6.80. The van der Waals surface area contributed by atoms with Crippen molar-refractivity contribution >= 4 is 23.3 Å². The van der Waals surface area contributed by atoms with Crippen LogP contribution in [-0.4, -0.2) is 16.4 Å². The lowest BCUT2D eigenvalue weighted by Gasteiger charge is -2.00. The third kappa shape index (κ3) is 2.23. The second-order valence-corrected chi connectivity index (χ2v) is 3.08. The SMILES string of the molecule is Cc1cc(NC(=O)[C@H](C)Cl)no1. The number of amides is 1. The van der Waals surface area contributed by atoms with Crippen molar-refractivity contribution in [2.75, 3.05) is 5.32 Å². The van der Waals surface area contributed by atoms with E-state index in [1.165, 1.54) is 0 Å². The summed E-state index contributed by atoms with van der Waals surface area (Å²) >= 11 is 5.51. The summed E-state index contributed by atoms with van der Waals surface area (Å²) in [7, 11) is 0. The van der Waals surface area contributed by atoms with E-state index in [-0.39, 0.29) is 5.91 Å². The first-order valence-corrected chi connectivity index (χ1v) is 3.91. The van der Waals surface area contributed by atoms with E-state index in [1.54, 1.807) is 19.9 Å². The topological polar surface area (TPSA) is 55.1 Å². The summed E-state index contributed by atoms with van der Waals surface area (Å²) in [5.74, 6) is 0.752. The molecule has 5 heteroatoms. The summed E-state index contributed by atoms with van der Waals surface area (Å²) < 4.78 is 4.74. The molecule has 1 aromatic heterocycles. The molecule has 0 aromatic carbocycles. The van der Waals surface area contributed by atoms with Crippen molar-refractivity contribution in [1.82, 2.24) is 5.16 Å². The number of alkyl halides is 1. The summed E-state index contributed by atoms with van der Waals surface area (Å²) in [6.07, 6.45) is 0. The molecule has 1 aromatic rings. The van der Waals surface area contributed by atoms with E-state index in [0.29, 0.717) is 11.6 Å². The second-order valence-electron chi connectivity index (χ2n) is 2.43. The molecule has 0 fully saturated rings. The number of hydrogen-bond donors (Lipinski definition) is 1. The molecule has 0 aliphatic rings. The van der Waals surface area contributed by atoms with Gasteiger partial charge in [-0.2, -0.15) is 0 Å². The molecule has 1 amide bonds. The zero-order valence-corrected chi connectivity index (χ0v) is 7.55. The Kier molecular flexibility index (Phi) is 2.70. The van der Waals surface area contributed by atoms with Crippen LogP contribution >= 0.6 is 11.6 Å². The lowest BCUT2D eigenvalue weighted by Crippen LogP contribution is -2.20. The summed E-state index contributed by atoms with van der Waals surface area (Å²) in [5, 5.41) is 5.49. The lowest BCUT2D eigenvalue weighted by atomic mass is 10.4. The lowest BCUT2D eigenvalue weighted by molar-refractivity contribution is -0.115. The molecule has 0 aliphatic heterocycles. The average molecular weight is 189 g/mol. The third-order valence-electron chi connectivity index (χ3n) is 1.24. The Morgan fingerprint density at radius 3 is 2.92 bits per heavy atom. The predicted octanol–water partition coefficient (Wildman–Crippen LogP) is 1.55. The molecule has 0 saturated carbocycles. The molecular formula is C7H9ClN2O2. The van der Waals surface area contributed by atoms with Crippen LogP contribution in [0.5, 0.6) is 0 Å². The van der Waals surface area contributed by atoms with E-state index in [4.69, 9.17) is 16.1 Å². The molecule has 0 radical (unpaired) electrons. The maximum Gasteiger partial charge on any atom is 0.243 e. The quantitative estimate of drug-likeness (QED) is 0.717. The number of anilines is 1. The number of nitrogens with one attached hydrogen (secondary N) is 1. The summed E-state index contributed by atoms with van der Waals surface area (Å²) in [5.41, 5.74) is 0. The number of nitrogens with zero attached hydrogens (tertiary/aromatic N) is 1. The molecular weight excluding hydrogens is 180 g/mol. The summed E-state index contributed by atoms with van der Waals surface area (Å²) in [6, 6.07) is 1.62. The molecule has 0 bridgehead atoms. The fourth-order valence-corrected chi connectivity index (χ4v) is 0.706. The van der Waals surface area contributed by atoms with Crippen LogP contribution in [0.2, 0.25) is 0 Å². The number of aromatic nitrogens is 1. The Hall–Kier alpha value is -1.03. The number of carbonyl (C=O) groups is 1. The normalized spacial score (nSPS) is 12.6. The van der Waals surface area contributed by atoms with Crippen LogP contribution in [0.15, 0.2) is 10.6 Å². The van der Waals surface area contributed by atoms with Gasteiger partial charge >= 0.3 is 0 Å². The first-order chi connectivity index (χ1) is 5.59. The molecule has 4 nitrogen and oxygen atoms in total. The molecule has 1 rings (SSSR count). The minimum atomic E-state index is -0.568. The fraction of sp³-hybridized carbons (Fsp3) is 0.429. The first-order valence-electron chi connectivity index (χ1n) is 3.48. The molecule has 0 aliphatic carbocycles. The monoisotopic (exact) mass is 188 g/mol. The Bertz CT molecular complexity index is 283. The standard InChI is InChI=1S/C7H9ClN2O2/c1-4-3-6(10-12-4)9-7(11)5(2)8/h3,5H,1-2H3,(H,9,10,11)/t5-/m0/s1. The number of hydrogen-bond acceptors (Lipinski definition) is 3. The Morgan fingerprint density at radius 2 is 2.50 bits per heavy atom. The minimum Gasteiger partial charge on any atom is -0.360 e. The number of halogens is 1. The van der Waals surface area contributed by atoms with Crippen LogP contribution in [0, 0.1) is 6.92 Å². The van der Waals surface area contributed by atoms with Gasteiger partial charge < -0.3 is 9.84 Å². The van der Waals surface area contributed by atoms with E-state index in [0.717, 1.165) is 0 Å². The highest BCUT2D eigenvalue weighted by Gasteiger charge is 2.10. The Labute approximate surface area is 74.9 Å². The van der Waals surface area contributed by atoms with Crippen molar-refractivity contribution in [2.45, 2.75) is 19.2 Å². The van der Waals surface area contributed by atoms with Crippen LogP contribution in [0.3, 0.4) is 0 Å². The zero-order chi connectivity index (χ0) is 9.14. The average Bonchev–Trinajstić information content (AvgIpc) is 2.35. The van der Waals surface area contributed by atoms with Crippen LogP contribution in [0.1, 0.15) is 12.7 Å². The maximum absolute atomic E-state index is 11.0. The molecule has 0 spiro atoms. The van der Waals surface area contributed by atoms with Crippen molar-refractivity contribution in [1.29, 1.82) is 0 Å². The summed E-state index contributed by atoms with van der Waals surface area (Å²) in [6.45, 7) is 3.33. The highest BCUT2D eigenvalue weighted by Crippen LogP contribution is 2.08. The van der Waals surface area contributed by atoms with E-state index >= 15 is 0 Å². The number of rotatable bonds is 2. The number of aryl methyl sites for hydroxylation is 1. The van der Waals surface area contributed by atoms with Gasteiger partial charge in [0.25, 0.3) is 0 Å². The fourth-order valence-electron chi connectivity index (χ4n) is 0.651. The van der Waals surface area contributed by atoms with Crippen LogP contribution in [-0.2, 0) is 4.79 Å². The molecule has 1 atom stereocenters. The van der Waals surface area contributed by atoms with Gasteiger partial charge in [-0.1, -0.05) is 5.16 Å². The highest BCUT2D eigenvalue weighted by molar-refractivity contribution is 6.32. The van der Waals surface area contributed by atoms with Gasteiger partial charge in [-0.3, -0.25) is 4.79 Å². The van der Waals surface area contributed by atoms with Gasteiger partial charge in [0.1, 0.15) is 11.1 Å². The highest BCUT2D eigenvalue weighted by atomic mass is 35.5. The molecule has 66 valence electrons. The number of carbonyl (C=O) groups excluding carboxylic acids is 1. The van der Waals surface area contributed by atoms with Gasteiger partial charge in [-0.25, -0.2) is 0 Å². The second kappa shape index (κ2) is 3.58. The van der Waals surface area contributed by atoms with E-state index in [2.05, 4.69) is 10.5 Å². The van der Waals surface area contributed by atoms with E-state index in [9.17, 15) is 4.79 Å². The molecule has 12 heavy (non-hydrogen) atoms. The van der Waals surface area contributed by atoms with Crippen molar-refractivity contribution in [3.05, 3.63) is 11.8 Å². The Morgan fingerprint density at radius 1 is 1.83 bits per heavy atom. The van der Waals surface area contributed by atoms with Crippen molar-refractivity contribution in [3.63, 3.8) is 0 Å². The van der Waals surface area contributed by atoms with Gasteiger partial charge in [0.15, 0.2) is 5.82 Å². The van der Waals surface area contributed by atoms with Gasteiger partial charge in [-0.05, 0) is 13.8 Å². The van der Waals surface area contributed by atoms with Crippen molar-refractivity contribution < 1.29 is 9.32 Å². The third-order valence-corrected chi connectivity index (χ3v) is 1.44. The van der Waals surface area contributed by atoms with E-state index < -0.39 is 5.38 Å². The molecule has 1 heterocycles. The van der Waals surface area contributed by atoms with Crippen LogP contribution < -0.4 is 5.32 Å². The van der Waals surface area contributed by atoms with Gasteiger partial charge in [0, 0.05) is 6.07 Å². The minimum absolute atomic E-state index is 0.287. The molecule has 0 saturated heterocycles. The van der Waals surface area contributed by atoms with Gasteiger partial charge in [0.05, 0.1) is 0 Å². The summed E-state index contributed by atoms with van der Waals surface area (Å²) in [4.78, 5) is 11.0. The van der Waals surface area contributed by atoms with Crippen LogP contribution in [0.4, 0.5) is 5.82 Å². The van der Waals surface area contributed by atoms with Gasteiger partial charge in [-0.15, -0.1) is 11.6 Å². The Balaban J connectivity index is 2.58. The van der Waals surface area contributed by atoms with Gasteiger partial charge in [0.2, 0.25) is 5.91 Å². The largest absolute Gasteiger partial charge is 0.360 e. The molecule has 0 unspecified atom stereocenters.